The molecule has 1 amide bonds. The first kappa shape index (κ1) is 21.9. The minimum atomic E-state index is -0.900. The SMILES string of the molecule is CCOc1ccc(Cl)c(/C(O)=C2\C(=O)C(=O)N(c3cccc(Cl)c3)C2c2ccncc2)c1. The highest BCUT2D eigenvalue weighted by atomic mass is 35.5. The van der Waals surface area contributed by atoms with Gasteiger partial charge in [-0.25, -0.2) is 0 Å². The second kappa shape index (κ2) is 9.02. The summed E-state index contributed by atoms with van der Waals surface area (Å²) in [6.45, 7) is 2.24. The maximum Gasteiger partial charge on any atom is 0.300 e. The Labute approximate surface area is 194 Å². The molecule has 162 valence electrons. The van der Waals surface area contributed by atoms with Crippen LogP contribution in [0.25, 0.3) is 5.76 Å². The molecule has 1 N–H and O–H groups in total. The fourth-order valence-electron chi connectivity index (χ4n) is 3.67. The molecule has 0 bridgehead atoms. The number of Topliss-reactive ketones (excluding diaryl/α,β-unsaturated/α-hetero) is 1. The smallest absolute Gasteiger partial charge is 0.300 e. The van der Waals surface area contributed by atoms with Crippen LogP contribution in [0, 0.1) is 0 Å². The third-order valence-electron chi connectivity index (χ3n) is 5.06. The molecule has 1 aliphatic rings. The fourth-order valence-corrected chi connectivity index (χ4v) is 4.06. The lowest BCUT2D eigenvalue weighted by Gasteiger charge is -2.25. The Bertz CT molecular complexity index is 1230. The van der Waals surface area contributed by atoms with E-state index in [4.69, 9.17) is 27.9 Å². The summed E-state index contributed by atoms with van der Waals surface area (Å²) in [6, 6.07) is 13.8. The van der Waals surface area contributed by atoms with Crippen molar-refractivity contribution in [3.8, 4) is 5.75 Å². The van der Waals surface area contributed by atoms with Crippen molar-refractivity contribution in [3.63, 3.8) is 0 Å². The predicted octanol–water partition coefficient (Wildman–Crippen LogP) is 5.41. The maximum atomic E-state index is 13.2. The number of anilines is 1. The number of aliphatic hydroxyl groups is 1. The molecule has 1 unspecified atom stereocenters. The number of aromatic nitrogens is 1. The zero-order valence-electron chi connectivity index (χ0n) is 17.0. The van der Waals surface area contributed by atoms with Gasteiger partial charge in [-0.15, -0.1) is 0 Å². The Morgan fingerprint density at radius 1 is 1.09 bits per heavy atom. The van der Waals surface area contributed by atoms with E-state index >= 15 is 0 Å². The summed E-state index contributed by atoms with van der Waals surface area (Å²) < 4.78 is 5.50. The number of rotatable bonds is 5. The Hall–Kier alpha value is -3.35. The summed E-state index contributed by atoms with van der Waals surface area (Å²) in [5.74, 6) is -1.53. The van der Waals surface area contributed by atoms with E-state index < -0.39 is 17.7 Å². The highest BCUT2D eigenvalue weighted by Crippen LogP contribution is 2.43. The van der Waals surface area contributed by atoms with Crippen LogP contribution in [-0.2, 0) is 9.59 Å². The zero-order valence-corrected chi connectivity index (χ0v) is 18.5. The van der Waals surface area contributed by atoms with Crippen LogP contribution in [0.15, 0.2) is 72.6 Å². The summed E-state index contributed by atoms with van der Waals surface area (Å²) in [6.07, 6.45) is 3.10. The van der Waals surface area contributed by atoms with Gasteiger partial charge < -0.3 is 9.84 Å². The first-order chi connectivity index (χ1) is 15.4. The summed E-state index contributed by atoms with van der Waals surface area (Å²) >= 11 is 12.5. The molecule has 0 spiro atoms. The van der Waals surface area contributed by atoms with Gasteiger partial charge in [-0.3, -0.25) is 19.5 Å². The van der Waals surface area contributed by atoms with Gasteiger partial charge in [0.1, 0.15) is 11.5 Å². The van der Waals surface area contributed by atoms with E-state index in [-0.39, 0.29) is 21.9 Å². The minimum Gasteiger partial charge on any atom is -0.507 e. The molecule has 1 saturated heterocycles. The third kappa shape index (κ3) is 3.95. The van der Waals surface area contributed by atoms with Crippen molar-refractivity contribution in [2.75, 3.05) is 11.5 Å². The molecule has 1 atom stereocenters. The highest BCUT2D eigenvalue weighted by Gasteiger charge is 2.47. The van der Waals surface area contributed by atoms with E-state index in [0.717, 1.165) is 0 Å². The van der Waals surface area contributed by atoms with Crippen molar-refractivity contribution >= 4 is 46.3 Å². The van der Waals surface area contributed by atoms with Crippen LogP contribution in [0.2, 0.25) is 10.0 Å². The van der Waals surface area contributed by atoms with Crippen LogP contribution < -0.4 is 9.64 Å². The minimum absolute atomic E-state index is 0.0864. The van der Waals surface area contributed by atoms with Gasteiger partial charge in [-0.05, 0) is 61.0 Å². The molecule has 0 aliphatic carbocycles. The first-order valence-corrected chi connectivity index (χ1v) is 10.6. The Morgan fingerprint density at radius 2 is 1.84 bits per heavy atom. The second-order valence-corrected chi connectivity index (χ2v) is 7.85. The fraction of sp³-hybridized carbons (Fsp3) is 0.125. The standard InChI is InChI=1S/C24H18Cl2N2O4/c1-2-32-17-6-7-19(26)18(13-17)22(29)20-21(14-8-10-27-11-9-14)28(24(31)23(20)30)16-5-3-4-15(25)12-16/h3-13,21,29H,2H2,1H3/b22-20+. The van der Waals surface area contributed by atoms with Crippen molar-refractivity contribution < 1.29 is 19.4 Å². The van der Waals surface area contributed by atoms with Crippen molar-refractivity contribution in [1.82, 2.24) is 4.98 Å². The molecule has 2 aromatic carbocycles. The van der Waals surface area contributed by atoms with Gasteiger partial charge >= 0.3 is 0 Å². The number of pyridine rings is 1. The van der Waals surface area contributed by atoms with Crippen molar-refractivity contribution in [2.24, 2.45) is 0 Å². The third-order valence-corrected chi connectivity index (χ3v) is 5.62. The molecule has 0 saturated carbocycles. The molecule has 6 nitrogen and oxygen atoms in total. The number of benzene rings is 2. The van der Waals surface area contributed by atoms with Crippen LogP contribution in [0.3, 0.4) is 0 Å². The normalized spacial score (nSPS) is 17.6. The van der Waals surface area contributed by atoms with Crippen LogP contribution in [-0.4, -0.2) is 28.4 Å². The lowest BCUT2D eigenvalue weighted by molar-refractivity contribution is -0.132. The van der Waals surface area contributed by atoms with Crippen LogP contribution in [0.5, 0.6) is 5.75 Å². The van der Waals surface area contributed by atoms with E-state index in [1.165, 1.54) is 11.0 Å². The number of carbonyl (C=O) groups is 2. The summed E-state index contributed by atoms with van der Waals surface area (Å²) in [5, 5.41) is 11.9. The number of halogens is 2. The molecular formula is C24H18Cl2N2O4. The van der Waals surface area contributed by atoms with Gasteiger partial charge in [0, 0.05) is 28.7 Å². The summed E-state index contributed by atoms with van der Waals surface area (Å²) in [4.78, 5) is 31.6. The topological polar surface area (TPSA) is 79.7 Å². The van der Waals surface area contributed by atoms with E-state index in [1.54, 1.807) is 60.9 Å². The van der Waals surface area contributed by atoms with Crippen LogP contribution >= 0.6 is 23.2 Å². The number of hydrogen-bond donors (Lipinski definition) is 1. The van der Waals surface area contributed by atoms with Gasteiger partial charge in [0.2, 0.25) is 0 Å². The van der Waals surface area contributed by atoms with Crippen molar-refractivity contribution in [3.05, 3.63) is 93.7 Å². The van der Waals surface area contributed by atoms with Gasteiger partial charge in [-0.2, -0.15) is 0 Å². The number of nitrogens with zero attached hydrogens (tertiary/aromatic N) is 2. The average molecular weight is 469 g/mol. The number of carbonyl (C=O) groups excluding carboxylic acids is 2. The van der Waals surface area contributed by atoms with Crippen LogP contribution in [0.4, 0.5) is 5.69 Å². The molecule has 1 aliphatic heterocycles. The largest absolute Gasteiger partial charge is 0.507 e. The Kier molecular flexibility index (Phi) is 6.17. The lowest BCUT2D eigenvalue weighted by Crippen LogP contribution is -2.29. The second-order valence-electron chi connectivity index (χ2n) is 7.00. The highest BCUT2D eigenvalue weighted by molar-refractivity contribution is 6.52. The van der Waals surface area contributed by atoms with E-state index in [1.807, 2.05) is 6.92 Å². The molecule has 3 aromatic rings. The van der Waals surface area contributed by atoms with E-state index in [2.05, 4.69) is 4.98 Å². The molecule has 4 rings (SSSR count). The lowest BCUT2D eigenvalue weighted by atomic mass is 9.95. The summed E-state index contributed by atoms with van der Waals surface area (Å²) in [5.41, 5.74) is 1.13. The van der Waals surface area contributed by atoms with Crippen molar-refractivity contribution in [1.29, 1.82) is 0 Å². The Balaban J connectivity index is 1.95. The van der Waals surface area contributed by atoms with Crippen molar-refractivity contribution in [2.45, 2.75) is 13.0 Å². The van der Waals surface area contributed by atoms with E-state index in [0.29, 0.717) is 28.6 Å². The first-order valence-electron chi connectivity index (χ1n) is 9.81. The zero-order chi connectivity index (χ0) is 22.8. The number of amides is 1. The number of ether oxygens (including phenoxy) is 1. The monoisotopic (exact) mass is 468 g/mol. The average Bonchev–Trinajstić information content (AvgIpc) is 3.06. The predicted molar refractivity (Wildman–Crippen MR) is 123 cm³/mol. The molecular weight excluding hydrogens is 451 g/mol. The summed E-state index contributed by atoms with van der Waals surface area (Å²) in [7, 11) is 0. The quantitative estimate of drug-likeness (QED) is 0.307. The maximum absolute atomic E-state index is 13.2. The molecule has 1 fully saturated rings. The van der Waals surface area contributed by atoms with Gasteiger partial charge in [-0.1, -0.05) is 29.3 Å². The molecule has 8 heteroatoms. The number of aliphatic hydroxyl groups excluding tert-OH is 1. The van der Waals surface area contributed by atoms with E-state index in [9.17, 15) is 14.7 Å². The van der Waals surface area contributed by atoms with Gasteiger partial charge in [0.25, 0.3) is 11.7 Å². The molecule has 0 radical (unpaired) electrons. The Morgan fingerprint density at radius 3 is 2.53 bits per heavy atom. The molecule has 32 heavy (non-hydrogen) atoms. The van der Waals surface area contributed by atoms with Gasteiger partial charge in [0.05, 0.1) is 23.2 Å². The number of hydrogen-bond acceptors (Lipinski definition) is 5. The molecule has 1 aromatic heterocycles. The van der Waals surface area contributed by atoms with Crippen LogP contribution in [0.1, 0.15) is 24.1 Å². The number of ketones is 1. The van der Waals surface area contributed by atoms with Gasteiger partial charge in [0.15, 0.2) is 0 Å². The molecule has 2 heterocycles.